The van der Waals surface area contributed by atoms with Crippen molar-refractivity contribution >= 4 is 5.91 Å². The first-order valence-corrected chi connectivity index (χ1v) is 22.7. The predicted octanol–water partition coefficient (Wildman–Crippen LogP) is 14.2. The van der Waals surface area contributed by atoms with Crippen LogP contribution in [0.2, 0.25) is 0 Å². The Balaban J connectivity index is 3.58. The van der Waals surface area contributed by atoms with Crippen LogP contribution in [0.4, 0.5) is 0 Å². The van der Waals surface area contributed by atoms with Gasteiger partial charge in [-0.2, -0.15) is 0 Å². The van der Waals surface area contributed by atoms with Crippen molar-refractivity contribution in [1.29, 1.82) is 0 Å². The zero-order valence-corrected chi connectivity index (χ0v) is 34.4. The molecule has 0 heterocycles. The number of carbonyl (C=O) groups is 1. The standard InChI is InChI=1S/C47H89NO3/c1-3-5-7-9-11-13-15-17-19-21-22-23-24-25-26-27-29-31-33-35-37-39-41-43-47(51)48-45(44-49)46(50)42-40-38-36-34-32-30-28-20-18-16-14-12-10-8-6-4-2/h25-26,32,34,40,42,45-46,49-50H,3-24,27-31,33,35-39,41,43-44H2,1-2H3,(H,48,51)/b26-25-,34-32+,42-40+. The summed E-state index contributed by atoms with van der Waals surface area (Å²) in [6, 6.07) is -0.640. The van der Waals surface area contributed by atoms with Crippen LogP contribution >= 0.6 is 0 Å². The fraction of sp³-hybridized carbons (Fsp3) is 0.851. The number of aliphatic hydroxyl groups excluding tert-OH is 2. The van der Waals surface area contributed by atoms with Crippen LogP contribution in [0.25, 0.3) is 0 Å². The lowest BCUT2D eigenvalue weighted by Crippen LogP contribution is -2.45. The minimum absolute atomic E-state index is 0.0771. The Morgan fingerprint density at radius 1 is 0.451 bits per heavy atom. The van der Waals surface area contributed by atoms with E-state index < -0.39 is 12.1 Å². The summed E-state index contributed by atoms with van der Waals surface area (Å²) in [5, 5.41) is 23.0. The molecule has 2 unspecified atom stereocenters. The van der Waals surface area contributed by atoms with Crippen molar-refractivity contribution in [1.82, 2.24) is 5.32 Å². The van der Waals surface area contributed by atoms with E-state index in [1.807, 2.05) is 6.08 Å². The molecule has 51 heavy (non-hydrogen) atoms. The van der Waals surface area contributed by atoms with Crippen molar-refractivity contribution in [3.8, 4) is 0 Å². The third-order valence-electron chi connectivity index (χ3n) is 10.3. The van der Waals surface area contributed by atoms with Crippen molar-refractivity contribution in [2.45, 2.75) is 251 Å². The van der Waals surface area contributed by atoms with E-state index in [-0.39, 0.29) is 12.5 Å². The smallest absolute Gasteiger partial charge is 0.220 e. The predicted molar refractivity (Wildman–Crippen MR) is 225 cm³/mol. The highest BCUT2D eigenvalue weighted by Crippen LogP contribution is 2.15. The molecule has 0 spiro atoms. The maximum absolute atomic E-state index is 12.4. The zero-order chi connectivity index (χ0) is 37.1. The molecule has 4 heteroatoms. The third-order valence-corrected chi connectivity index (χ3v) is 10.3. The molecule has 4 nitrogen and oxygen atoms in total. The van der Waals surface area contributed by atoms with Gasteiger partial charge in [-0.25, -0.2) is 0 Å². The quantitative estimate of drug-likeness (QED) is 0.0436. The van der Waals surface area contributed by atoms with E-state index in [1.54, 1.807) is 6.08 Å². The lowest BCUT2D eigenvalue weighted by molar-refractivity contribution is -0.123. The van der Waals surface area contributed by atoms with E-state index in [0.717, 1.165) is 32.1 Å². The number of amides is 1. The first kappa shape index (κ1) is 49.6. The first-order valence-electron chi connectivity index (χ1n) is 22.7. The van der Waals surface area contributed by atoms with Gasteiger partial charge in [-0.1, -0.05) is 211 Å². The fourth-order valence-electron chi connectivity index (χ4n) is 6.84. The van der Waals surface area contributed by atoms with Crippen LogP contribution in [-0.2, 0) is 4.79 Å². The van der Waals surface area contributed by atoms with E-state index in [9.17, 15) is 15.0 Å². The van der Waals surface area contributed by atoms with Crippen LogP contribution in [0.5, 0.6) is 0 Å². The Hall–Kier alpha value is -1.39. The van der Waals surface area contributed by atoms with Gasteiger partial charge in [-0.15, -0.1) is 0 Å². The minimum atomic E-state index is -0.862. The monoisotopic (exact) mass is 716 g/mol. The van der Waals surface area contributed by atoms with Crippen LogP contribution in [0.15, 0.2) is 36.5 Å². The molecular formula is C47H89NO3. The van der Waals surface area contributed by atoms with Crippen LogP contribution < -0.4 is 5.32 Å². The minimum Gasteiger partial charge on any atom is -0.394 e. The normalized spacial score (nSPS) is 13.3. The lowest BCUT2D eigenvalue weighted by Gasteiger charge is -2.19. The average molecular weight is 716 g/mol. The summed E-state index contributed by atoms with van der Waals surface area (Å²) in [7, 11) is 0. The lowest BCUT2D eigenvalue weighted by atomic mass is 10.0. The Kier molecular flexibility index (Phi) is 41.8. The third kappa shape index (κ3) is 39.6. The Labute approximate surface area is 319 Å². The van der Waals surface area contributed by atoms with Crippen LogP contribution in [-0.4, -0.2) is 34.9 Å². The maximum Gasteiger partial charge on any atom is 0.220 e. The highest BCUT2D eigenvalue weighted by atomic mass is 16.3. The molecule has 0 saturated heterocycles. The Bertz CT molecular complexity index is 775. The number of unbranched alkanes of at least 4 members (excludes halogenated alkanes) is 30. The van der Waals surface area contributed by atoms with Gasteiger partial charge < -0.3 is 15.5 Å². The molecule has 0 aliphatic rings. The SMILES string of the molecule is CCCCCCCCCCCC/C=C/CC/C=C/C(O)C(CO)NC(=O)CCCCCCCCC/C=C\CCCCCCCCCCCCCC. The number of aliphatic hydroxyl groups is 2. The summed E-state index contributed by atoms with van der Waals surface area (Å²) < 4.78 is 0. The number of rotatable bonds is 41. The van der Waals surface area contributed by atoms with Gasteiger partial charge in [0.15, 0.2) is 0 Å². The van der Waals surface area contributed by atoms with Crippen LogP contribution in [0, 0.1) is 0 Å². The molecule has 0 bridgehead atoms. The van der Waals surface area contributed by atoms with Gasteiger partial charge in [0, 0.05) is 6.42 Å². The summed E-state index contributed by atoms with van der Waals surface area (Å²) in [6.45, 7) is 4.30. The number of allylic oxidation sites excluding steroid dienone is 5. The summed E-state index contributed by atoms with van der Waals surface area (Å²) in [5.74, 6) is -0.0771. The van der Waals surface area contributed by atoms with Gasteiger partial charge in [-0.3, -0.25) is 4.79 Å². The molecular weight excluding hydrogens is 627 g/mol. The van der Waals surface area contributed by atoms with E-state index in [1.165, 1.54) is 186 Å². The van der Waals surface area contributed by atoms with Crippen molar-refractivity contribution in [3.63, 3.8) is 0 Å². The van der Waals surface area contributed by atoms with Crippen LogP contribution in [0.1, 0.15) is 239 Å². The van der Waals surface area contributed by atoms with Crippen molar-refractivity contribution in [2.24, 2.45) is 0 Å². The molecule has 0 aliphatic heterocycles. The van der Waals surface area contributed by atoms with Crippen LogP contribution in [0.3, 0.4) is 0 Å². The Morgan fingerprint density at radius 2 is 0.765 bits per heavy atom. The molecule has 0 fully saturated rings. The summed E-state index contributed by atoms with van der Waals surface area (Å²) in [5.41, 5.74) is 0. The second-order valence-corrected chi connectivity index (χ2v) is 15.5. The van der Waals surface area contributed by atoms with Gasteiger partial charge in [0.1, 0.15) is 0 Å². The molecule has 0 aromatic carbocycles. The Morgan fingerprint density at radius 3 is 1.14 bits per heavy atom. The molecule has 0 aromatic rings. The fourth-order valence-corrected chi connectivity index (χ4v) is 6.84. The second kappa shape index (κ2) is 43.0. The van der Waals surface area contributed by atoms with E-state index in [0.29, 0.717) is 6.42 Å². The van der Waals surface area contributed by atoms with Gasteiger partial charge in [0.2, 0.25) is 5.91 Å². The maximum atomic E-state index is 12.4. The molecule has 3 N–H and O–H groups in total. The topological polar surface area (TPSA) is 69.6 Å². The molecule has 0 aromatic heterocycles. The van der Waals surface area contributed by atoms with E-state index in [4.69, 9.17) is 0 Å². The highest BCUT2D eigenvalue weighted by molar-refractivity contribution is 5.76. The van der Waals surface area contributed by atoms with Gasteiger partial charge in [-0.05, 0) is 57.8 Å². The van der Waals surface area contributed by atoms with Gasteiger partial charge in [0.25, 0.3) is 0 Å². The summed E-state index contributed by atoms with van der Waals surface area (Å²) >= 11 is 0. The summed E-state index contributed by atoms with van der Waals surface area (Å²) in [6.07, 6.45) is 56.9. The molecule has 0 aliphatic carbocycles. The largest absolute Gasteiger partial charge is 0.394 e. The first-order chi connectivity index (χ1) is 25.2. The number of hydrogen-bond acceptors (Lipinski definition) is 3. The number of nitrogens with one attached hydrogen (secondary N) is 1. The van der Waals surface area contributed by atoms with Gasteiger partial charge in [0.05, 0.1) is 18.8 Å². The highest BCUT2D eigenvalue weighted by Gasteiger charge is 2.17. The molecule has 300 valence electrons. The molecule has 0 saturated carbocycles. The number of carbonyl (C=O) groups excluding carboxylic acids is 1. The molecule has 0 rings (SSSR count). The van der Waals surface area contributed by atoms with E-state index in [2.05, 4.69) is 43.5 Å². The second-order valence-electron chi connectivity index (χ2n) is 15.5. The van der Waals surface area contributed by atoms with Crippen molar-refractivity contribution < 1.29 is 15.0 Å². The van der Waals surface area contributed by atoms with Crippen molar-refractivity contribution in [2.75, 3.05) is 6.61 Å². The van der Waals surface area contributed by atoms with Gasteiger partial charge >= 0.3 is 0 Å². The summed E-state index contributed by atoms with van der Waals surface area (Å²) in [4.78, 5) is 12.4. The van der Waals surface area contributed by atoms with E-state index >= 15 is 0 Å². The van der Waals surface area contributed by atoms with Crippen molar-refractivity contribution in [3.05, 3.63) is 36.5 Å². The molecule has 1 amide bonds. The zero-order valence-electron chi connectivity index (χ0n) is 34.4. The molecule has 2 atom stereocenters. The average Bonchev–Trinajstić information content (AvgIpc) is 3.13. The number of hydrogen-bond donors (Lipinski definition) is 3. The molecule has 0 radical (unpaired) electrons.